The normalized spacial score (nSPS) is 12.0. The van der Waals surface area contributed by atoms with E-state index in [1.54, 1.807) is 11.0 Å². The van der Waals surface area contributed by atoms with E-state index in [-0.39, 0.29) is 11.3 Å². The highest BCUT2D eigenvalue weighted by Crippen LogP contribution is 2.19. The predicted octanol–water partition coefficient (Wildman–Crippen LogP) is 4.95. The van der Waals surface area contributed by atoms with Crippen LogP contribution in [0.25, 0.3) is 0 Å². The summed E-state index contributed by atoms with van der Waals surface area (Å²) in [6.07, 6.45) is 3.76. The number of hydrogen-bond donors (Lipinski definition) is 0. The summed E-state index contributed by atoms with van der Waals surface area (Å²) in [7, 11) is -1.67. The summed E-state index contributed by atoms with van der Waals surface area (Å²) >= 11 is 6.40. The van der Waals surface area contributed by atoms with Gasteiger partial charge in [-0.1, -0.05) is 61.3 Å². The lowest BCUT2D eigenvalue weighted by atomic mass is 9.98. The Morgan fingerprint density at radius 1 is 1.28 bits per heavy atom. The molecule has 0 heterocycles. The Hall–Kier alpha value is -1.50. The topological polar surface area (TPSA) is 20.3 Å². The van der Waals surface area contributed by atoms with Crippen molar-refractivity contribution in [2.45, 2.75) is 47.3 Å². The third-order valence-corrected chi connectivity index (χ3v) is 6.03. The Labute approximate surface area is 159 Å². The highest BCUT2D eigenvalue weighted by molar-refractivity contribution is 6.89. The number of likely N-dealkylation sites (N-methyl/N-ethyl adjacent to an activating group) is 1. The summed E-state index contributed by atoms with van der Waals surface area (Å²) in [6.45, 7) is 16.1. The first-order valence-electron chi connectivity index (χ1n) is 8.73. The maximum absolute atomic E-state index is 13.1. The van der Waals surface area contributed by atoms with E-state index < -0.39 is 8.07 Å². The molecule has 0 unspecified atom stereocenters. The Bertz CT molecular complexity index is 699. The summed E-state index contributed by atoms with van der Waals surface area (Å²) in [4.78, 5) is 14.9. The van der Waals surface area contributed by atoms with Gasteiger partial charge in [-0.2, -0.15) is 0 Å². The highest BCUT2D eigenvalue weighted by atomic mass is 35.5. The van der Waals surface area contributed by atoms with Gasteiger partial charge in [0.2, 0.25) is 0 Å². The number of carbonyl (C=O) groups excluding carboxylic acids is 1. The van der Waals surface area contributed by atoms with E-state index in [4.69, 9.17) is 11.6 Å². The van der Waals surface area contributed by atoms with E-state index in [2.05, 4.69) is 52.3 Å². The van der Waals surface area contributed by atoms with Gasteiger partial charge in [0.15, 0.2) is 0 Å². The molecule has 0 spiro atoms. The van der Waals surface area contributed by atoms with Gasteiger partial charge in [-0.05, 0) is 45.0 Å². The number of amides is 1. The molecule has 1 amide bonds. The second-order valence-corrected chi connectivity index (χ2v) is 13.6. The van der Waals surface area contributed by atoms with Crippen molar-refractivity contribution >= 4 is 30.8 Å². The lowest BCUT2D eigenvalue weighted by molar-refractivity contribution is 0.0783. The highest BCUT2D eigenvalue weighted by Gasteiger charge is 2.27. The minimum absolute atomic E-state index is 0.000967. The fourth-order valence-electron chi connectivity index (χ4n) is 2.38. The van der Waals surface area contributed by atoms with E-state index >= 15 is 0 Å². The van der Waals surface area contributed by atoms with Crippen LogP contribution in [-0.4, -0.2) is 32.0 Å². The molecule has 0 atom stereocenters. The third-order valence-electron chi connectivity index (χ3n) is 3.68. The van der Waals surface area contributed by atoms with E-state index in [9.17, 15) is 4.79 Å². The number of halogens is 1. The Kier molecular flexibility index (Phi) is 7.53. The van der Waals surface area contributed by atoms with Crippen LogP contribution in [0.4, 0.5) is 0 Å². The van der Waals surface area contributed by atoms with Crippen LogP contribution in [0.15, 0.2) is 30.4 Å². The average molecular weight is 376 g/mol. The summed E-state index contributed by atoms with van der Waals surface area (Å²) in [6, 6.07) is 5.78. The van der Waals surface area contributed by atoms with Crippen LogP contribution in [-0.2, 0) is 0 Å². The molecule has 1 aromatic carbocycles. The van der Waals surface area contributed by atoms with Crippen LogP contribution in [0.1, 0.15) is 38.1 Å². The summed E-state index contributed by atoms with van der Waals surface area (Å²) in [5, 5.41) is 1.65. The Balaban J connectivity index is 3.04. The largest absolute Gasteiger partial charge is 0.335 e. The first kappa shape index (κ1) is 21.5. The smallest absolute Gasteiger partial charge is 0.255 e. The molecule has 4 heteroatoms. The van der Waals surface area contributed by atoms with Crippen molar-refractivity contribution in [2.75, 3.05) is 13.1 Å². The molecule has 0 fully saturated rings. The molecule has 25 heavy (non-hydrogen) atoms. The standard InChI is InChI=1S/C21H30ClNOSi/c1-8-23(16-11-9-10-15-21(2,3)4)20(24)19-17(22)13-12-14-18(19)25(5,6)7/h9,11-14H,8,16H2,1-7H3/b11-9+. The fourth-order valence-corrected chi connectivity index (χ4v) is 4.30. The van der Waals surface area contributed by atoms with Crippen LogP contribution in [0, 0.1) is 17.3 Å². The van der Waals surface area contributed by atoms with Gasteiger partial charge in [-0.15, -0.1) is 0 Å². The summed E-state index contributed by atoms with van der Waals surface area (Å²) in [5.41, 5.74) is 0.647. The SMILES string of the molecule is CCN(C/C=C/C#CC(C)(C)C)C(=O)c1c(Cl)cccc1[Si](C)(C)C. The first-order chi connectivity index (χ1) is 11.5. The molecule has 0 saturated heterocycles. The van der Waals surface area contributed by atoms with Crippen molar-refractivity contribution < 1.29 is 4.79 Å². The maximum atomic E-state index is 13.1. The number of nitrogens with zero attached hydrogens (tertiary/aromatic N) is 1. The molecule has 1 aromatic rings. The van der Waals surface area contributed by atoms with E-state index in [0.717, 1.165) is 5.19 Å². The second kappa shape index (κ2) is 8.74. The van der Waals surface area contributed by atoms with Gasteiger partial charge in [0.05, 0.1) is 18.7 Å². The van der Waals surface area contributed by atoms with Gasteiger partial charge < -0.3 is 4.90 Å². The molecule has 0 radical (unpaired) electrons. The van der Waals surface area contributed by atoms with Crippen LogP contribution >= 0.6 is 11.6 Å². The molecular formula is C21H30ClNOSi. The number of rotatable bonds is 5. The first-order valence-corrected chi connectivity index (χ1v) is 12.6. The number of hydrogen-bond acceptors (Lipinski definition) is 1. The monoisotopic (exact) mass is 375 g/mol. The molecule has 1 rings (SSSR count). The predicted molar refractivity (Wildman–Crippen MR) is 112 cm³/mol. The Morgan fingerprint density at radius 3 is 2.44 bits per heavy atom. The van der Waals surface area contributed by atoms with Crippen LogP contribution < -0.4 is 5.19 Å². The van der Waals surface area contributed by atoms with E-state index in [1.165, 1.54) is 0 Å². The number of benzene rings is 1. The minimum Gasteiger partial charge on any atom is -0.335 e. The second-order valence-electron chi connectivity index (χ2n) is 8.18. The molecule has 0 aliphatic rings. The lowest BCUT2D eigenvalue weighted by Crippen LogP contribution is -2.44. The molecule has 0 bridgehead atoms. The van der Waals surface area contributed by atoms with Crippen LogP contribution in [0.3, 0.4) is 0 Å². The van der Waals surface area contributed by atoms with Crippen molar-refractivity contribution in [2.24, 2.45) is 5.41 Å². The minimum atomic E-state index is -1.67. The molecular weight excluding hydrogens is 346 g/mol. The number of allylic oxidation sites excluding steroid dienone is 1. The molecule has 0 aromatic heterocycles. The molecule has 0 N–H and O–H groups in total. The van der Waals surface area contributed by atoms with Gasteiger partial charge >= 0.3 is 0 Å². The fraction of sp³-hybridized carbons (Fsp3) is 0.476. The van der Waals surface area contributed by atoms with E-state index in [1.807, 2.05) is 31.2 Å². The van der Waals surface area contributed by atoms with Crippen LogP contribution in [0.2, 0.25) is 24.7 Å². The quantitative estimate of drug-likeness (QED) is 0.526. The van der Waals surface area contributed by atoms with Gasteiger partial charge in [0, 0.05) is 18.5 Å². The molecule has 0 aliphatic heterocycles. The van der Waals surface area contributed by atoms with Gasteiger partial charge in [-0.3, -0.25) is 4.79 Å². The Morgan fingerprint density at radius 2 is 1.92 bits per heavy atom. The molecule has 2 nitrogen and oxygen atoms in total. The average Bonchev–Trinajstić information content (AvgIpc) is 2.48. The zero-order valence-corrected chi connectivity index (χ0v) is 18.3. The van der Waals surface area contributed by atoms with E-state index in [0.29, 0.717) is 23.7 Å². The van der Waals surface area contributed by atoms with Crippen molar-refractivity contribution in [3.63, 3.8) is 0 Å². The van der Waals surface area contributed by atoms with Gasteiger partial charge in [0.25, 0.3) is 5.91 Å². The van der Waals surface area contributed by atoms with Gasteiger partial charge in [-0.25, -0.2) is 0 Å². The molecule has 0 aliphatic carbocycles. The zero-order chi connectivity index (χ0) is 19.3. The zero-order valence-electron chi connectivity index (χ0n) is 16.5. The third kappa shape index (κ3) is 6.72. The lowest BCUT2D eigenvalue weighted by Gasteiger charge is -2.25. The maximum Gasteiger partial charge on any atom is 0.255 e. The van der Waals surface area contributed by atoms with Crippen molar-refractivity contribution in [1.29, 1.82) is 0 Å². The van der Waals surface area contributed by atoms with Crippen molar-refractivity contribution in [1.82, 2.24) is 4.90 Å². The molecule has 0 saturated carbocycles. The summed E-state index contributed by atoms with van der Waals surface area (Å²) < 4.78 is 0. The number of carbonyl (C=O) groups is 1. The van der Waals surface area contributed by atoms with Crippen LogP contribution in [0.5, 0.6) is 0 Å². The van der Waals surface area contributed by atoms with Gasteiger partial charge in [0.1, 0.15) is 0 Å². The summed E-state index contributed by atoms with van der Waals surface area (Å²) in [5.74, 6) is 6.20. The van der Waals surface area contributed by atoms with Crippen molar-refractivity contribution in [3.05, 3.63) is 40.9 Å². The van der Waals surface area contributed by atoms with Crippen molar-refractivity contribution in [3.8, 4) is 11.8 Å². The molecule has 136 valence electrons.